The number of nitriles is 1. The molecule has 0 bridgehead atoms. The van der Waals surface area contributed by atoms with Crippen LogP contribution in [-0.2, 0) is 4.79 Å². The third-order valence-corrected chi connectivity index (χ3v) is 5.51. The van der Waals surface area contributed by atoms with Crippen molar-refractivity contribution in [3.8, 4) is 23.3 Å². The Morgan fingerprint density at radius 2 is 1.79 bits per heavy atom. The molecule has 0 aliphatic carbocycles. The highest BCUT2D eigenvalue weighted by molar-refractivity contribution is 7.15. The number of anilines is 1. The van der Waals surface area contributed by atoms with E-state index < -0.39 is 5.91 Å². The third kappa shape index (κ3) is 7.05. The van der Waals surface area contributed by atoms with Crippen molar-refractivity contribution in [3.63, 3.8) is 0 Å². The summed E-state index contributed by atoms with van der Waals surface area (Å²) in [7, 11) is 1.61. The van der Waals surface area contributed by atoms with E-state index in [2.05, 4.69) is 15.5 Å². The number of carbonyl (C=O) groups is 1. The molecule has 0 atom stereocenters. The summed E-state index contributed by atoms with van der Waals surface area (Å²) in [5.41, 5.74) is 0.665. The zero-order valence-electron chi connectivity index (χ0n) is 18.6. The number of nitrogens with zero attached hydrogens (tertiary/aromatic N) is 3. The third-order valence-electron chi connectivity index (χ3n) is 4.37. The number of hydrogen-bond acceptors (Lipinski definition) is 8. The van der Waals surface area contributed by atoms with E-state index in [0.29, 0.717) is 35.4 Å². The zero-order valence-corrected chi connectivity index (χ0v) is 19.4. The van der Waals surface area contributed by atoms with Gasteiger partial charge in [0.2, 0.25) is 5.13 Å². The molecule has 3 rings (SSSR count). The van der Waals surface area contributed by atoms with Crippen molar-refractivity contribution in [1.29, 1.82) is 5.26 Å². The Labute approximate surface area is 196 Å². The van der Waals surface area contributed by atoms with Gasteiger partial charge in [-0.3, -0.25) is 10.1 Å². The Balaban J connectivity index is 1.52. The van der Waals surface area contributed by atoms with Crippen molar-refractivity contribution in [2.75, 3.05) is 25.6 Å². The van der Waals surface area contributed by atoms with E-state index in [4.69, 9.17) is 14.2 Å². The number of hydrogen-bond donors (Lipinski definition) is 1. The largest absolute Gasteiger partial charge is 0.497 e. The number of rotatable bonds is 10. The second-order valence-corrected chi connectivity index (χ2v) is 8.18. The Kier molecular flexibility index (Phi) is 8.38. The lowest BCUT2D eigenvalue weighted by Crippen LogP contribution is -2.13. The highest BCUT2D eigenvalue weighted by Gasteiger charge is 2.14. The Hall–Kier alpha value is -3.90. The van der Waals surface area contributed by atoms with Gasteiger partial charge in [0.05, 0.1) is 7.11 Å². The molecule has 0 unspecified atom stereocenters. The van der Waals surface area contributed by atoms with Crippen molar-refractivity contribution in [1.82, 2.24) is 10.2 Å². The van der Waals surface area contributed by atoms with Crippen molar-refractivity contribution >= 4 is 28.5 Å². The maximum absolute atomic E-state index is 12.4. The van der Waals surface area contributed by atoms with Crippen LogP contribution in [-0.4, -0.2) is 36.4 Å². The standard InChI is InChI=1S/C24H24N4O4S/c1-16(2)23-27-28-24(33-23)26-22(29)18(15-25)13-17-7-9-19(10-8-17)31-11-12-32-21-6-4-5-20(14-21)30-3/h4-10,13-14,16H,11-12H2,1-3H3,(H,26,28,29). The fourth-order valence-electron chi connectivity index (χ4n) is 2.67. The van der Waals surface area contributed by atoms with Crippen molar-refractivity contribution in [2.24, 2.45) is 0 Å². The molecule has 0 aliphatic heterocycles. The molecule has 1 amide bonds. The van der Waals surface area contributed by atoms with E-state index in [1.165, 1.54) is 17.4 Å². The van der Waals surface area contributed by atoms with Gasteiger partial charge in [-0.2, -0.15) is 5.26 Å². The second kappa shape index (κ2) is 11.6. The fourth-order valence-corrected chi connectivity index (χ4v) is 3.41. The molecule has 8 nitrogen and oxygen atoms in total. The first-order chi connectivity index (χ1) is 16.0. The molecule has 0 fully saturated rings. The molecule has 1 aromatic heterocycles. The number of benzene rings is 2. The summed E-state index contributed by atoms with van der Waals surface area (Å²) in [5.74, 6) is 1.77. The molecule has 0 saturated carbocycles. The maximum Gasteiger partial charge on any atom is 0.268 e. The molecule has 33 heavy (non-hydrogen) atoms. The molecule has 170 valence electrons. The summed E-state index contributed by atoms with van der Waals surface area (Å²) in [4.78, 5) is 12.4. The predicted molar refractivity (Wildman–Crippen MR) is 127 cm³/mol. The van der Waals surface area contributed by atoms with E-state index >= 15 is 0 Å². The molecular formula is C24H24N4O4S. The summed E-state index contributed by atoms with van der Waals surface area (Å²) in [6, 6.07) is 16.4. The minimum Gasteiger partial charge on any atom is -0.497 e. The van der Waals surface area contributed by atoms with Crippen LogP contribution >= 0.6 is 11.3 Å². The molecule has 0 aliphatic rings. The Morgan fingerprint density at radius 1 is 1.09 bits per heavy atom. The van der Waals surface area contributed by atoms with Crippen LogP contribution in [0.5, 0.6) is 17.2 Å². The van der Waals surface area contributed by atoms with Gasteiger partial charge in [-0.25, -0.2) is 0 Å². The lowest BCUT2D eigenvalue weighted by atomic mass is 10.1. The van der Waals surface area contributed by atoms with E-state index in [1.54, 1.807) is 37.4 Å². The SMILES string of the molecule is COc1cccc(OCCOc2ccc(C=C(C#N)C(=O)Nc3nnc(C(C)C)s3)cc2)c1. The molecule has 0 saturated heterocycles. The van der Waals surface area contributed by atoms with Gasteiger partial charge in [0.15, 0.2) is 0 Å². The monoisotopic (exact) mass is 464 g/mol. The maximum atomic E-state index is 12.4. The minimum atomic E-state index is -0.529. The Morgan fingerprint density at radius 3 is 2.42 bits per heavy atom. The molecule has 9 heteroatoms. The molecule has 1 heterocycles. The van der Waals surface area contributed by atoms with Crippen LogP contribution in [0.15, 0.2) is 54.1 Å². The number of nitrogens with one attached hydrogen (secondary N) is 1. The number of carbonyl (C=O) groups excluding carboxylic acids is 1. The van der Waals surface area contributed by atoms with Gasteiger partial charge in [-0.05, 0) is 35.9 Å². The van der Waals surface area contributed by atoms with Crippen LogP contribution in [0.25, 0.3) is 6.08 Å². The average molecular weight is 465 g/mol. The summed E-state index contributed by atoms with van der Waals surface area (Å²) in [5, 5.41) is 21.2. The van der Waals surface area contributed by atoms with Crippen LogP contribution in [0.4, 0.5) is 5.13 Å². The summed E-state index contributed by atoms with van der Waals surface area (Å²) < 4.78 is 16.5. The first-order valence-corrected chi connectivity index (χ1v) is 11.1. The van der Waals surface area contributed by atoms with E-state index in [0.717, 1.165) is 10.8 Å². The van der Waals surface area contributed by atoms with Crippen LogP contribution in [0.3, 0.4) is 0 Å². The van der Waals surface area contributed by atoms with E-state index in [-0.39, 0.29) is 11.5 Å². The minimum absolute atomic E-state index is 0.0309. The Bertz CT molecular complexity index is 1150. The normalized spacial score (nSPS) is 11.1. The summed E-state index contributed by atoms with van der Waals surface area (Å²) in [6.45, 7) is 4.72. The van der Waals surface area contributed by atoms with Gasteiger partial charge < -0.3 is 14.2 Å². The lowest BCUT2D eigenvalue weighted by Gasteiger charge is -2.09. The van der Waals surface area contributed by atoms with Crippen molar-refractivity contribution in [3.05, 3.63) is 64.7 Å². The van der Waals surface area contributed by atoms with Crippen LogP contribution in [0.1, 0.15) is 30.3 Å². The van der Waals surface area contributed by atoms with Gasteiger partial charge in [0.25, 0.3) is 5.91 Å². The van der Waals surface area contributed by atoms with E-state index in [9.17, 15) is 10.1 Å². The predicted octanol–water partition coefficient (Wildman–Crippen LogP) is 4.67. The van der Waals surface area contributed by atoms with Gasteiger partial charge in [0.1, 0.15) is 47.1 Å². The number of methoxy groups -OCH3 is 1. The highest BCUT2D eigenvalue weighted by atomic mass is 32.1. The van der Waals surface area contributed by atoms with Gasteiger partial charge in [-0.15, -0.1) is 10.2 Å². The summed E-state index contributed by atoms with van der Waals surface area (Å²) >= 11 is 1.29. The average Bonchev–Trinajstić information content (AvgIpc) is 3.30. The van der Waals surface area contributed by atoms with Gasteiger partial charge in [0, 0.05) is 12.0 Å². The molecule has 0 radical (unpaired) electrons. The number of amides is 1. The molecule has 1 N–H and O–H groups in total. The number of ether oxygens (including phenoxy) is 3. The lowest BCUT2D eigenvalue weighted by molar-refractivity contribution is -0.112. The highest BCUT2D eigenvalue weighted by Crippen LogP contribution is 2.23. The van der Waals surface area contributed by atoms with Crippen molar-refractivity contribution in [2.45, 2.75) is 19.8 Å². The molecule has 2 aromatic carbocycles. The van der Waals surface area contributed by atoms with Gasteiger partial charge in [-0.1, -0.05) is 43.4 Å². The molecule has 0 spiro atoms. The van der Waals surface area contributed by atoms with Crippen LogP contribution in [0, 0.1) is 11.3 Å². The smallest absolute Gasteiger partial charge is 0.268 e. The zero-order chi connectivity index (χ0) is 23.6. The molecule has 3 aromatic rings. The van der Waals surface area contributed by atoms with Crippen LogP contribution < -0.4 is 19.5 Å². The van der Waals surface area contributed by atoms with Crippen molar-refractivity contribution < 1.29 is 19.0 Å². The van der Waals surface area contributed by atoms with Gasteiger partial charge >= 0.3 is 0 Å². The quantitative estimate of drug-likeness (QED) is 0.264. The molecular weight excluding hydrogens is 440 g/mol. The van der Waals surface area contributed by atoms with E-state index in [1.807, 2.05) is 38.1 Å². The number of aromatic nitrogens is 2. The fraction of sp³-hybridized carbons (Fsp3) is 0.250. The van der Waals surface area contributed by atoms with Crippen LogP contribution in [0.2, 0.25) is 0 Å². The topological polar surface area (TPSA) is 106 Å². The second-order valence-electron chi connectivity index (χ2n) is 7.17. The summed E-state index contributed by atoms with van der Waals surface area (Å²) in [6.07, 6.45) is 1.51. The first kappa shape index (κ1) is 23.8. The first-order valence-electron chi connectivity index (χ1n) is 10.2.